The summed E-state index contributed by atoms with van der Waals surface area (Å²) in [5, 5.41) is 6.19. The predicted octanol–water partition coefficient (Wildman–Crippen LogP) is 1.87. The SMILES string of the molecule is Cl.O=C(NCCOC1CCCCCC1)C1CCNC1. The summed E-state index contributed by atoms with van der Waals surface area (Å²) in [6.07, 6.45) is 9.08. The van der Waals surface area contributed by atoms with Crippen LogP contribution in [0.1, 0.15) is 44.9 Å². The number of carbonyl (C=O) groups excluding carboxylic acids is 1. The molecular formula is C14H27ClN2O2. The van der Waals surface area contributed by atoms with Crippen molar-refractivity contribution in [3.63, 3.8) is 0 Å². The number of amides is 1. The van der Waals surface area contributed by atoms with Crippen LogP contribution in [0.3, 0.4) is 0 Å². The molecule has 1 saturated carbocycles. The first-order valence-electron chi connectivity index (χ1n) is 7.46. The lowest BCUT2D eigenvalue weighted by atomic mass is 10.1. The highest BCUT2D eigenvalue weighted by molar-refractivity contribution is 5.85. The Kier molecular flexibility index (Phi) is 8.42. The van der Waals surface area contributed by atoms with Gasteiger partial charge in [0, 0.05) is 13.1 Å². The van der Waals surface area contributed by atoms with E-state index < -0.39 is 0 Å². The third kappa shape index (κ3) is 6.11. The summed E-state index contributed by atoms with van der Waals surface area (Å²) >= 11 is 0. The molecule has 1 heterocycles. The Morgan fingerprint density at radius 2 is 1.89 bits per heavy atom. The van der Waals surface area contributed by atoms with Crippen molar-refractivity contribution >= 4 is 18.3 Å². The molecule has 1 amide bonds. The molecule has 2 aliphatic rings. The molecule has 0 radical (unpaired) electrons. The monoisotopic (exact) mass is 290 g/mol. The number of ether oxygens (including phenoxy) is 1. The lowest BCUT2D eigenvalue weighted by Crippen LogP contribution is -2.34. The fraction of sp³-hybridized carbons (Fsp3) is 0.929. The van der Waals surface area contributed by atoms with E-state index in [0.717, 1.165) is 19.5 Å². The summed E-state index contributed by atoms with van der Waals surface area (Å²) in [6, 6.07) is 0. The number of hydrogen-bond acceptors (Lipinski definition) is 3. The van der Waals surface area contributed by atoms with Crippen LogP contribution >= 0.6 is 12.4 Å². The van der Waals surface area contributed by atoms with Gasteiger partial charge in [0.25, 0.3) is 0 Å². The fourth-order valence-electron chi connectivity index (χ4n) is 2.83. The second kappa shape index (κ2) is 9.56. The van der Waals surface area contributed by atoms with Gasteiger partial charge in [-0.1, -0.05) is 25.7 Å². The average molecular weight is 291 g/mol. The molecule has 0 spiro atoms. The Morgan fingerprint density at radius 3 is 2.53 bits per heavy atom. The van der Waals surface area contributed by atoms with E-state index in [0.29, 0.717) is 19.3 Å². The molecule has 19 heavy (non-hydrogen) atoms. The number of carbonyl (C=O) groups is 1. The average Bonchev–Trinajstić information content (AvgIpc) is 2.80. The van der Waals surface area contributed by atoms with Crippen LogP contribution in [0.2, 0.25) is 0 Å². The summed E-state index contributed by atoms with van der Waals surface area (Å²) < 4.78 is 5.85. The summed E-state index contributed by atoms with van der Waals surface area (Å²) in [5.41, 5.74) is 0. The number of nitrogens with one attached hydrogen (secondary N) is 2. The Morgan fingerprint density at radius 1 is 1.16 bits per heavy atom. The van der Waals surface area contributed by atoms with Gasteiger partial charge in [-0.15, -0.1) is 12.4 Å². The third-order valence-corrected chi connectivity index (χ3v) is 3.99. The number of rotatable bonds is 5. The van der Waals surface area contributed by atoms with E-state index in [1.54, 1.807) is 0 Å². The Balaban J connectivity index is 0.00000180. The Bertz CT molecular complexity index is 250. The molecule has 0 aromatic rings. The molecule has 2 fully saturated rings. The maximum atomic E-state index is 11.7. The molecule has 1 aliphatic heterocycles. The van der Waals surface area contributed by atoms with Gasteiger partial charge in [-0.25, -0.2) is 0 Å². The molecule has 1 atom stereocenters. The normalized spacial score (nSPS) is 24.5. The number of halogens is 1. The Hall–Kier alpha value is -0.320. The maximum Gasteiger partial charge on any atom is 0.224 e. The second-order valence-corrected chi connectivity index (χ2v) is 5.47. The highest BCUT2D eigenvalue weighted by atomic mass is 35.5. The molecule has 5 heteroatoms. The van der Waals surface area contributed by atoms with Crippen molar-refractivity contribution < 1.29 is 9.53 Å². The lowest BCUT2D eigenvalue weighted by Gasteiger charge is -2.16. The van der Waals surface area contributed by atoms with Crippen LogP contribution in [0, 0.1) is 5.92 Å². The summed E-state index contributed by atoms with van der Waals surface area (Å²) in [7, 11) is 0. The van der Waals surface area contributed by atoms with Crippen molar-refractivity contribution in [2.45, 2.75) is 51.0 Å². The van der Waals surface area contributed by atoms with Crippen LogP contribution in [0.4, 0.5) is 0 Å². The minimum atomic E-state index is 0. The molecule has 0 aromatic carbocycles. The summed E-state index contributed by atoms with van der Waals surface area (Å²) in [5.74, 6) is 0.354. The molecule has 0 bridgehead atoms. The minimum Gasteiger partial charge on any atom is -0.376 e. The van der Waals surface area contributed by atoms with E-state index in [4.69, 9.17) is 4.74 Å². The van der Waals surface area contributed by atoms with E-state index in [9.17, 15) is 4.79 Å². The van der Waals surface area contributed by atoms with Crippen molar-refractivity contribution in [1.29, 1.82) is 0 Å². The van der Waals surface area contributed by atoms with Crippen molar-refractivity contribution in [3.05, 3.63) is 0 Å². The highest BCUT2D eigenvalue weighted by Crippen LogP contribution is 2.19. The van der Waals surface area contributed by atoms with Crippen LogP contribution in [-0.2, 0) is 9.53 Å². The summed E-state index contributed by atoms with van der Waals surface area (Å²) in [4.78, 5) is 11.7. The smallest absolute Gasteiger partial charge is 0.224 e. The van der Waals surface area contributed by atoms with Crippen molar-refractivity contribution in [2.24, 2.45) is 5.92 Å². The number of hydrogen-bond donors (Lipinski definition) is 2. The van der Waals surface area contributed by atoms with Gasteiger partial charge in [0.2, 0.25) is 5.91 Å². The molecule has 1 saturated heterocycles. The molecule has 0 aromatic heterocycles. The van der Waals surface area contributed by atoms with Gasteiger partial charge < -0.3 is 15.4 Å². The molecular weight excluding hydrogens is 264 g/mol. The van der Waals surface area contributed by atoms with E-state index in [1.165, 1.54) is 38.5 Å². The zero-order valence-corrected chi connectivity index (χ0v) is 12.5. The van der Waals surface area contributed by atoms with E-state index in [2.05, 4.69) is 10.6 Å². The maximum absolute atomic E-state index is 11.7. The van der Waals surface area contributed by atoms with Gasteiger partial charge in [0.1, 0.15) is 0 Å². The summed E-state index contributed by atoms with van der Waals surface area (Å²) in [6.45, 7) is 3.12. The molecule has 112 valence electrons. The van der Waals surface area contributed by atoms with Gasteiger partial charge >= 0.3 is 0 Å². The Labute approximate surface area is 122 Å². The van der Waals surface area contributed by atoms with Gasteiger partial charge in [0.05, 0.1) is 18.6 Å². The molecule has 1 unspecified atom stereocenters. The molecule has 2 N–H and O–H groups in total. The van der Waals surface area contributed by atoms with E-state index in [1.807, 2.05) is 0 Å². The second-order valence-electron chi connectivity index (χ2n) is 5.47. The fourth-order valence-corrected chi connectivity index (χ4v) is 2.83. The van der Waals surface area contributed by atoms with Gasteiger partial charge in [-0.2, -0.15) is 0 Å². The van der Waals surface area contributed by atoms with Gasteiger partial charge in [-0.05, 0) is 25.8 Å². The molecule has 2 rings (SSSR count). The van der Waals surface area contributed by atoms with Crippen LogP contribution in [-0.4, -0.2) is 38.3 Å². The van der Waals surface area contributed by atoms with Crippen LogP contribution in [0.25, 0.3) is 0 Å². The van der Waals surface area contributed by atoms with E-state index >= 15 is 0 Å². The topological polar surface area (TPSA) is 50.4 Å². The third-order valence-electron chi connectivity index (χ3n) is 3.99. The first-order valence-corrected chi connectivity index (χ1v) is 7.46. The molecule has 4 nitrogen and oxygen atoms in total. The van der Waals surface area contributed by atoms with Gasteiger partial charge in [-0.3, -0.25) is 4.79 Å². The first kappa shape index (κ1) is 16.7. The zero-order valence-electron chi connectivity index (χ0n) is 11.7. The van der Waals surface area contributed by atoms with Crippen molar-refractivity contribution in [1.82, 2.24) is 10.6 Å². The van der Waals surface area contributed by atoms with Crippen LogP contribution in [0.5, 0.6) is 0 Å². The largest absolute Gasteiger partial charge is 0.376 e. The predicted molar refractivity (Wildman–Crippen MR) is 78.7 cm³/mol. The van der Waals surface area contributed by atoms with Crippen LogP contribution < -0.4 is 10.6 Å². The molecule has 1 aliphatic carbocycles. The van der Waals surface area contributed by atoms with E-state index in [-0.39, 0.29) is 24.2 Å². The lowest BCUT2D eigenvalue weighted by molar-refractivity contribution is -0.124. The highest BCUT2D eigenvalue weighted by Gasteiger charge is 2.21. The van der Waals surface area contributed by atoms with Crippen molar-refractivity contribution in [2.75, 3.05) is 26.2 Å². The zero-order chi connectivity index (χ0) is 12.6. The van der Waals surface area contributed by atoms with Crippen molar-refractivity contribution in [3.8, 4) is 0 Å². The quantitative estimate of drug-likeness (QED) is 0.600. The first-order chi connectivity index (χ1) is 8.86. The minimum absolute atomic E-state index is 0. The standard InChI is InChI=1S/C14H26N2O2.ClH/c17-14(12-7-8-15-11-12)16-9-10-18-13-5-3-1-2-4-6-13;/h12-13,15H,1-11H2,(H,16,17);1H. The van der Waals surface area contributed by atoms with Gasteiger partial charge in [0.15, 0.2) is 0 Å². The van der Waals surface area contributed by atoms with Crippen LogP contribution in [0.15, 0.2) is 0 Å².